The van der Waals surface area contributed by atoms with Crippen LogP contribution in [0.1, 0.15) is 13.8 Å². The van der Waals surface area contributed by atoms with Gasteiger partial charge in [0.25, 0.3) is 0 Å². The van der Waals surface area contributed by atoms with Crippen LogP contribution in [0, 0.1) is 0 Å². The van der Waals surface area contributed by atoms with E-state index >= 15 is 0 Å². The Hall–Kier alpha value is -0.167. The molecule has 0 heterocycles. The van der Waals surface area contributed by atoms with Crippen LogP contribution in [0.15, 0.2) is 11.6 Å². The predicted octanol–water partition coefficient (Wildman–Crippen LogP) is 1.12. The summed E-state index contributed by atoms with van der Waals surface area (Å²) in [6.45, 7) is 3.51. The predicted molar refractivity (Wildman–Crippen MR) is 31.4 cm³/mol. The van der Waals surface area contributed by atoms with Gasteiger partial charge in [0.15, 0.2) is 0 Å². The Bertz CT molecular complexity index is 118. The van der Waals surface area contributed by atoms with E-state index in [0.717, 1.165) is 0 Å². The largest absolute Gasteiger partial charge is 0.466 e. The maximum Gasteiger partial charge on any atom is 0.333 e. The first-order valence-corrected chi connectivity index (χ1v) is 2.43. The summed E-state index contributed by atoms with van der Waals surface area (Å²) in [4.78, 5) is 10.5. The van der Waals surface area contributed by atoms with E-state index in [1.54, 1.807) is 19.9 Å². The minimum Gasteiger partial charge on any atom is -0.466 e. The zero-order valence-corrected chi connectivity index (χ0v) is 9.07. The molecule has 0 aromatic rings. The number of esters is 1. The molecule has 0 unspecified atom stereocenters. The summed E-state index contributed by atoms with van der Waals surface area (Å²) in [5, 5.41) is 0. The third-order valence-corrected chi connectivity index (χ3v) is 0.940. The second kappa shape index (κ2) is 5.96. The van der Waals surface area contributed by atoms with Crippen LogP contribution in [0.4, 0.5) is 0 Å². The van der Waals surface area contributed by atoms with Gasteiger partial charge in [-0.15, -0.1) is 0 Å². The van der Waals surface area contributed by atoms with Crippen LogP contribution in [-0.2, 0) is 29.0 Å². The Labute approximate surface area is 68.0 Å². The standard InChI is InChI=1S/C6H10O2.Zn/c1-4-5(2)6(7)8-3;/h4H,1-3H3;. The van der Waals surface area contributed by atoms with Gasteiger partial charge in [-0.1, -0.05) is 6.08 Å². The van der Waals surface area contributed by atoms with E-state index in [1.165, 1.54) is 7.11 Å². The summed E-state index contributed by atoms with van der Waals surface area (Å²) in [6, 6.07) is 0. The summed E-state index contributed by atoms with van der Waals surface area (Å²) >= 11 is 0. The normalized spacial score (nSPS) is 9.89. The monoisotopic (exact) mass is 178 g/mol. The van der Waals surface area contributed by atoms with Crippen LogP contribution < -0.4 is 0 Å². The minimum atomic E-state index is -0.257. The number of rotatable bonds is 1. The van der Waals surface area contributed by atoms with Crippen molar-refractivity contribution in [2.75, 3.05) is 7.11 Å². The van der Waals surface area contributed by atoms with Gasteiger partial charge in [0.05, 0.1) is 7.11 Å². The van der Waals surface area contributed by atoms with Crippen molar-refractivity contribution in [3.63, 3.8) is 0 Å². The van der Waals surface area contributed by atoms with Crippen molar-refractivity contribution in [2.45, 2.75) is 13.8 Å². The van der Waals surface area contributed by atoms with E-state index in [9.17, 15) is 4.79 Å². The Morgan fingerprint density at radius 3 is 2.11 bits per heavy atom. The molecule has 0 atom stereocenters. The Balaban J connectivity index is 0. The number of carbonyl (C=O) groups excluding carboxylic acids is 1. The smallest absolute Gasteiger partial charge is 0.333 e. The minimum absolute atomic E-state index is 0. The number of hydrogen-bond donors (Lipinski definition) is 0. The van der Waals surface area contributed by atoms with Crippen LogP contribution in [-0.4, -0.2) is 13.1 Å². The van der Waals surface area contributed by atoms with E-state index in [-0.39, 0.29) is 25.4 Å². The van der Waals surface area contributed by atoms with Gasteiger partial charge in [-0.25, -0.2) is 4.79 Å². The first kappa shape index (κ1) is 11.6. The third kappa shape index (κ3) is 4.34. The van der Waals surface area contributed by atoms with Gasteiger partial charge >= 0.3 is 5.97 Å². The average molecular weight is 180 g/mol. The molecule has 0 bridgehead atoms. The van der Waals surface area contributed by atoms with Crippen molar-refractivity contribution >= 4 is 5.97 Å². The molecule has 0 spiro atoms. The van der Waals surface area contributed by atoms with Crippen molar-refractivity contribution < 1.29 is 29.0 Å². The van der Waals surface area contributed by atoms with Crippen LogP contribution in [0.5, 0.6) is 0 Å². The maximum atomic E-state index is 10.5. The van der Waals surface area contributed by atoms with Crippen molar-refractivity contribution in [1.29, 1.82) is 0 Å². The van der Waals surface area contributed by atoms with E-state index in [2.05, 4.69) is 4.74 Å². The summed E-state index contributed by atoms with van der Waals surface area (Å²) < 4.78 is 4.40. The molecule has 0 radical (unpaired) electrons. The first-order chi connectivity index (χ1) is 3.72. The molecule has 48 valence electrons. The summed E-state index contributed by atoms with van der Waals surface area (Å²) in [5.74, 6) is -0.257. The van der Waals surface area contributed by atoms with Crippen molar-refractivity contribution in [2.24, 2.45) is 0 Å². The second-order valence-electron chi connectivity index (χ2n) is 1.46. The number of allylic oxidation sites excluding steroid dienone is 1. The molecule has 0 amide bonds. The Morgan fingerprint density at radius 1 is 1.56 bits per heavy atom. The zero-order valence-electron chi connectivity index (χ0n) is 6.10. The molecule has 2 nitrogen and oxygen atoms in total. The van der Waals surface area contributed by atoms with Crippen LogP contribution in [0.3, 0.4) is 0 Å². The topological polar surface area (TPSA) is 26.3 Å². The summed E-state index contributed by atoms with van der Waals surface area (Å²) in [6.07, 6.45) is 1.71. The van der Waals surface area contributed by atoms with E-state index in [1.807, 2.05) is 0 Å². The van der Waals surface area contributed by atoms with E-state index in [0.29, 0.717) is 5.57 Å². The number of hydrogen-bond acceptors (Lipinski definition) is 2. The number of methoxy groups -OCH3 is 1. The molecule has 0 saturated heterocycles. The first-order valence-electron chi connectivity index (χ1n) is 2.43. The summed E-state index contributed by atoms with van der Waals surface area (Å²) in [7, 11) is 1.37. The molecule has 0 aliphatic carbocycles. The SMILES string of the molecule is CC=C(C)C(=O)OC.[Zn]. The molecule has 0 aromatic heterocycles. The average Bonchev–Trinajstić information content (AvgIpc) is 1.84. The molecule has 0 fully saturated rings. The molecule has 3 heteroatoms. The van der Waals surface area contributed by atoms with E-state index in [4.69, 9.17) is 0 Å². The van der Waals surface area contributed by atoms with Gasteiger partial charge in [0, 0.05) is 25.1 Å². The number of ether oxygens (including phenoxy) is 1. The molecule has 0 aliphatic heterocycles. The fourth-order valence-corrected chi connectivity index (χ4v) is 0.279. The van der Waals surface area contributed by atoms with Crippen molar-refractivity contribution in [3.05, 3.63) is 11.6 Å². The van der Waals surface area contributed by atoms with Gasteiger partial charge in [0.2, 0.25) is 0 Å². The molecule has 0 saturated carbocycles. The molecular weight excluding hydrogens is 169 g/mol. The van der Waals surface area contributed by atoms with Gasteiger partial charge in [-0.2, -0.15) is 0 Å². The maximum absolute atomic E-state index is 10.5. The number of carbonyl (C=O) groups is 1. The zero-order chi connectivity index (χ0) is 6.57. The molecular formula is C6H10O2Zn. The van der Waals surface area contributed by atoms with Crippen LogP contribution in [0.25, 0.3) is 0 Å². The van der Waals surface area contributed by atoms with Crippen molar-refractivity contribution in [3.8, 4) is 0 Å². The summed E-state index contributed by atoms with van der Waals surface area (Å²) in [5.41, 5.74) is 0.646. The van der Waals surface area contributed by atoms with Gasteiger partial charge in [0.1, 0.15) is 0 Å². The third-order valence-electron chi connectivity index (χ3n) is 0.940. The van der Waals surface area contributed by atoms with Crippen molar-refractivity contribution in [1.82, 2.24) is 0 Å². The van der Waals surface area contributed by atoms with Crippen LogP contribution in [0.2, 0.25) is 0 Å². The van der Waals surface area contributed by atoms with Gasteiger partial charge in [-0.3, -0.25) is 0 Å². The fourth-order valence-electron chi connectivity index (χ4n) is 0.279. The van der Waals surface area contributed by atoms with E-state index < -0.39 is 0 Å². The molecule has 0 aliphatic rings. The second-order valence-corrected chi connectivity index (χ2v) is 1.46. The quantitative estimate of drug-likeness (QED) is 0.343. The molecule has 9 heavy (non-hydrogen) atoms. The van der Waals surface area contributed by atoms with Crippen LogP contribution >= 0.6 is 0 Å². The van der Waals surface area contributed by atoms with Gasteiger partial charge < -0.3 is 4.74 Å². The molecule has 0 rings (SSSR count). The molecule has 0 aromatic carbocycles. The Morgan fingerprint density at radius 2 is 2.00 bits per heavy atom. The molecule has 0 N–H and O–H groups in total. The Kier molecular flexibility index (Phi) is 7.69. The van der Waals surface area contributed by atoms with Gasteiger partial charge in [-0.05, 0) is 13.8 Å². The fraction of sp³-hybridized carbons (Fsp3) is 0.500.